The molecule has 0 amide bonds. The van der Waals surface area contributed by atoms with Gasteiger partial charge in [0.15, 0.2) is 5.58 Å². The highest BCUT2D eigenvalue weighted by Crippen LogP contribution is 2.26. The lowest BCUT2D eigenvalue weighted by molar-refractivity contribution is 0.134. The van der Waals surface area contributed by atoms with Gasteiger partial charge in [0.1, 0.15) is 5.52 Å². The molecule has 3 rings (SSSR count). The summed E-state index contributed by atoms with van der Waals surface area (Å²) in [4.78, 5) is 6.76. The van der Waals surface area contributed by atoms with Gasteiger partial charge in [-0.3, -0.25) is 4.90 Å². The lowest BCUT2D eigenvalue weighted by Gasteiger charge is -2.26. The summed E-state index contributed by atoms with van der Waals surface area (Å²) >= 11 is 0. The average molecular weight is 275 g/mol. The minimum atomic E-state index is 0.166. The van der Waals surface area contributed by atoms with Gasteiger partial charge in [-0.2, -0.15) is 0 Å². The minimum absolute atomic E-state index is 0.166. The predicted octanol–water partition coefficient (Wildman–Crippen LogP) is 2.15. The fourth-order valence-corrected chi connectivity index (χ4v) is 3.05. The third kappa shape index (κ3) is 2.64. The lowest BCUT2D eigenvalue weighted by atomic mass is 10.2. The highest BCUT2D eigenvalue weighted by atomic mass is 16.3. The van der Waals surface area contributed by atoms with Crippen LogP contribution >= 0.6 is 0 Å². The quantitative estimate of drug-likeness (QED) is 0.818. The fourth-order valence-electron chi connectivity index (χ4n) is 3.05. The van der Waals surface area contributed by atoms with Gasteiger partial charge in [0.05, 0.1) is 18.8 Å². The van der Waals surface area contributed by atoms with Crippen molar-refractivity contribution < 1.29 is 9.52 Å². The zero-order valence-corrected chi connectivity index (χ0v) is 11.6. The first-order valence-electron chi connectivity index (χ1n) is 7.27. The van der Waals surface area contributed by atoms with E-state index in [0.29, 0.717) is 30.7 Å². The molecule has 2 aromatic rings. The third-order valence-corrected chi connectivity index (χ3v) is 4.06. The number of fused-ring (bicyclic) bond motifs is 1. The molecule has 0 aliphatic heterocycles. The zero-order chi connectivity index (χ0) is 13.9. The molecule has 1 saturated carbocycles. The van der Waals surface area contributed by atoms with E-state index in [2.05, 4.69) is 9.88 Å². The van der Waals surface area contributed by atoms with E-state index in [-0.39, 0.29) is 6.61 Å². The molecule has 1 aliphatic carbocycles. The molecule has 0 unspecified atom stereocenters. The normalized spacial score (nSPS) is 16.5. The van der Waals surface area contributed by atoms with E-state index >= 15 is 0 Å². The van der Waals surface area contributed by atoms with E-state index in [1.807, 2.05) is 18.2 Å². The smallest absolute Gasteiger partial charge is 0.209 e. The molecule has 5 nitrogen and oxygen atoms in total. The van der Waals surface area contributed by atoms with Crippen LogP contribution < -0.4 is 5.73 Å². The Morgan fingerprint density at radius 2 is 2.15 bits per heavy atom. The van der Waals surface area contributed by atoms with E-state index in [4.69, 9.17) is 10.2 Å². The molecule has 1 aromatic heterocycles. The highest BCUT2D eigenvalue weighted by Gasteiger charge is 2.23. The van der Waals surface area contributed by atoms with Gasteiger partial charge in [-0.15, -0.1) is 0 Å². The number of aliphatic hydroxyl groups excluding tert-OH is 1. The molecule has 0 spiro atoms. The largest absolute Gasteiger partial charge is 0.439 e. The number of aromatic nitrogens is 1. The Hall–Kier alpha value is -1.59. The predicted molar refractivity (Wildman–Crippen MR) is 78.2 cm³/mol. The number of hydrogen-bond acceptors (Lipinski definition) is 5. The third-order valence-electron chi connectivity index (χ3n) is 4.06. The molecule has 108 valence electrons. The summed E-state index contributed by atoms with van der Waals surface area (Å²) in [7, 11) is 0. The van der Waals surface area contributed by atoms with Crippen LogP contribution in [0, 0.1) is 0 Å². The van der Waals surface area contributed by atoms with Gasteiger partial charge in [0.25, 0.3) is 0 Å². The van der Waals surface area contributed by atoms with Crippen LogP contribution in [0.4, 0.5) is 5.69 Å². The number of nitrogen functional groups attached to an aromatic ring is 1. The molecular weight excluding hydrogens is 254 g/mol. The number of anilines is 1. The summed E-state index contributed by atoms with van der Waals surface area (Å²) in [5, 5.41) is 9.25. The standard InChI is InChI=1S/C15H21N3O2/c16-12-6-3-7-13-15(12)17-14(20-13)10-18(8-9-19)11-4-1-2-5-11/h3,6-7,11,19H,1-2,4-5,8-10,16H2. The Morgan fingerprint density at radius 3 is 2.85 bits per heavy atom. The number of benzene rings is 1. The van der Waals surface area contributed by atoms with Crippen molar-refractivity contribution in [3.8, 4) is 0 Å². The maximum atomic E-state index is 9.25. The first-order valence-corrected chi connectivity index (χ1v) is 7.27. The van der Waals surface area contributed by atoms with Gasteiger partial charge >= 0.3 is 0 Å². The van der Waals surface area contributed by atoms with Crippen LogP contribution in [0.2, 0.25) is 0 Å². The zero-order valence-electron chi connectivity index (χ0n) is 11.6. The van der Waals surface area contributed by atoms with E-state index in [9.17, 15) is 5.11 Å². The van der Waals surface area contributed by atoms with Crippen LogP contribution in [0.1, 0.15) is 31.6 Å². The van der Waals surface area contributed by atoms with Crippen LogP contribution in [-0.2, 0) is 6.54 Å². The van der Waals surface area contributed by atoms with E-state index in [0.717, 1.165) is 11.1 Å². The summed E-state index contributed by atoms with van der Waals surface area (Å²) in [6.07, 6.45) is 4.94. The second-order valence-corrected chi connectivity index (χ2v) is 5.43. The number of nitrogens with zero attached hydrogens (tertiary/aromatic N) is 2. The molecule has 1 aromatic carbocycles. The molecular formula is C15H21N3O2. The minimum Gasteiger partial charge on any atom is -0.439 e. The Balaban J connectivity index is 1.80. The van der Waals surface area contributed by atoms with Crippen LogP contribution in [0.5, 0.6) is 0 Å². The van der Waals surface area contributed by atoms with Gasteiger partial charge < -0.3 is 15.3 Å². The van der Waals surface area contributed by atoms with Crippen LogP contribution in [-0.4, -0.2) is 34.2 Å². The average Bonchev–Trinajstić information content (AvgIpc) is 3.07. The fraction of sp³-hybridized carbons (Fsp3) is 0.533. The van der Waals surface area contributed by atoms with Crippen molar-refractivity contribution >= 4 is 16.8 Å². The van der Waals surface area contributed by atoms with Gasteiger partial charge in [0.2, 0.25) is 5.89 Å². The summed E-state index contributed by atoms with van der Waals surface area (Å²) in [5.74, 6) is 0.679. The first kappa shape index (κ1) is 13.4. The molecule has 0 bridgehead atoms. The van der Waals surface area contributed by atoms with Gasteiger partial charge in [-0.1, -0.05) is 18.9 Å². The number of rotatable bonds is 5. The van der Waals surface area contributed by atoms with Crippen molar-refractivity contribution in [3.05, 3.63) is 24.1 Å². The number of hydrogen-bond donors (Lipinski definition) is 2. The molecule has 20 heavy (non-hydrogen) atoms. The van der Waals surface area contributed by atoms with Crippen LogP contribution in [0.25, 0.3) is 11.1 Å². The summed E-state index contributed by atoms with van der Waals surface area (Å²) < 4.78 is 5.77. The van der Waals surface area contributed by atoms with Crippen LogP contribution in [0.15, 0.2) is 22.6 Å². The summed E-state index contributed by atoms with van der Waals surface area (Å²) in [6, 6.07) is 6.12. The molecule has 0 radical (unpaired) electrons. The SMILES string of the molecule is Nc1cccc2oc(CN(CCO)C3CCCC3)nc12. The Kier molecular flexibility index (Phi) is 3.89. The molecule has 0 saturated heterocycles. The van der Waals surface area contributed by atoms with E-state index < -0.39 is 0 Å². The summed E-state index contributed by atoms with van der Waals surface area (Å²) in [6.45, 7) is 1.47. The molecule has 5 heteroatoms. The maximum absolute atomic E-state index is 9.25. The Bertz CT molecular complexity index is 576. The van der Waals surface area contributed by atoms with Crippen molar-refractivity contribution in [2.75, 3.05) is 18.9 Å². The second-order valence-electron chi connectivity index (χ2n) is 5.43. The van der Waals surface area contributed by atoms with Crippen molar-refractivity contribution in [1.29, 1.82) is 0 Å². The number of oxazole rings is 1. The molecule has 1 aliphatic rings. The first-order chi connectivity index (χ1) is 9.78. The highest BCUT2D eigenvalue weighted by molar-refractivity contribution is 5.85. The van der Waals surface area contributed by atoms with E-state index in [1.165, 1.54) is 25.7 Å². The lowest BCUT2D eigenvalue weighted by Crippen LogP contribution is -2.35. The topological polar surface area (TPSA) is 75.5 Å². The number of para-hydroxylation sites is 1. The molecule has 0 atom stereocenters. The molecule has 1 heterocycles. The molecule has 1 fully saturated rings. The van der Waals surface area contributed by atoms with Gasteiger partial charge in [0, 0.05) is 12.6 Å². The maximum Gasteiger partial charge on any atom is 0.209 e. The van der Waals surface area contributed by atoms with E-state index in [1.54, 1.807) is 0 Å². The van der Waals surface area contributed by atoms with Crippen LogP contribution in [0.3, 0.4) is 0 Å². The van der Waals surface area contributed by atoms with Crippen molar-refractivity contribution in [1.82, 2.24) is 9.88 Å². The number of aliphatic hydroxyl groups is 1. The Labute approximate surface area is 118 Å². The summed E-state index contributed by atoms with van der Waals surface area (Å²) in [5.41, 5.74) is 8.02. The molecule has 3 N–H and O–H groups in total. The van der Waals surface area contributed by atoms with Crippen molar-refractivity contribution in [2.45, 2.75) is 38.3 Å². The Morgan fingerprint density at radius 1 is 1.35 bits per heavy atom. The monoisotopic (exact) mass is 275 g/mol. The van der Waals surface area contributed by atoms with Crippen molar-refractivity contribution in [3.63, 3.8) is 0 Å². The van der Waals surface area contributed by atoms with Crippen molar-refractivity contribution in [2.24, 2.45) is 0 Å². The van der Waals surface area contributed by atoms with Gasteiger partial charge in [-0.05, 0) is 25.0 Å². The second kappa shape index (κ2) is 5.81. The number of nitrogens with two attached hydrogens (primary N) is 1. The van der Waals surface area contributed by atoms with Gasteiger partial charge in [-0.25, -0.2) is 4.98 Å².